The van der Waals surface area contributed by atoms with Gasteiger partial charge in [0.2, 0.25) is 15.9 Å². The molecule has 132 valence electrons. The van der Waals surface area contributed by atoms with Gasteiger partial charge in [-0.3, -0.25) is 4.79 Å². The largest absolute Gasteiger partial charge is 0.323 e. The Hall–Kier alpha value is -2.32. The van der Waals surface area contributed by atoms with Crippen molar-refractivity contribution in [2.24, 2.45) is 5.92 Å². The van der Waals surface area contributed by atoms with Gasteiger partial charge in [0.05, 0.1) is 24.3 Å². The number of carbonyl (C=O) groups is 1. The summed E-state index contributed by atoms with van der Waals surface area (Å²) >= 11 is 0. The van der Waals surface area contributed by atoms with Crippen molar-refractivity contribution < 1.29 is 13.2 Å². The molecule has 1 aliphatic heterocycles. The summed E-state index contributed by atoms with van der Waals surface area (Å²) in [5, 5.41) is 2.81. The first kappa shape index (κ1) is 17.5. The van der Waals surface area contributed by atoms with Crippen LogP contribution in [-0.2, 0) is 14.8 Å². The molecule has 0 radical (unpaired) electrons. The third-order valence-electron chi connectivity index (χ3n) is 4.25. The maximum Gasteiger partial charge on any atom is 0.227 e. The first-order valence-corrected chi connectivity index (χ1v) is 9.92. The molecule has 0 bridgehead atoms. The van der Waals surface area contributed by atoms with E-state index in [1.165, 1.54) is 10.6 Å². The smallest absolute Gasteiger partial charge is 0.227 e. The number of sulfonamides is 1. The summed E-state index contributed by atoms with van der Waals surface area (Å²) in [6, 6.07) is 9.59. The molecule has 3 rings (SSSR count). The van der Waals surface area contributed by atoms with Crippen LogP contribution in [0.15, 0.2) is 42.7 Å². The van der Waals surface area contributed by atoms with Crippen LogP contribution >= 0.6 is 0 Å². The Bertz CT molecular complexity index is 830. The fourth-order valence-electron chi connectivity index (χ4n) is 2.82. The third kappa shape index (κ3) is 4.40. The van der Waals surface area contributed by atoms with Crippen molar-refractivity contribution in [3.63, 3.8) is 0 Å². The zero-order chi connectivity index (χ0) is 17.9. The molecule has 1 amide bonds. The number of anilines is 1. The van der Waals surface area contributed by atoms with Crippen LogP contribution in [0.5, 0.6) is 0 Å². The minimum atomic E-state index is -3.18. The quantitative estimate of drug-likeness (QED) is 0.897. The molecule has 2 aromatic rings. The minimum absolute atomic E-state index is 0.121. The predicted molar refractivity (Wildman–Crippen MR) is 95.2 cm³/mol. The molecular weight excluding hydrogens is 340 g/mol. The molecule has 25 heavy (non-hydrogen) atoms. The minimum Gasteiger partial charge on any atom is -0.323 e. The molecular formula is C17H20N4O3S. The summed E-state index contributed by atoms with van der Waals surface area (Å²) < 4.78 is 24.4. The van der Waals surface area contributed by atoms with Crippen LogP contribution in [0.25, 0.3) is 11.4 Å². The highest BCUT2D eigenvalue weighted by Crippen LogP contribution is 2.21. The normalized spacial score (nSPS) is 16.5. The lowest BCUT2D eigenvalue weighted by Gasteiger charge is -2.29. The zero-order valence-electron chi connectivity index (χ0n) is 13.9. The molecule has 0 unspecified atom stereocenters. The summed E-state index contributed by atoms with van der Waals surface area (Å²) in [4.78, 5) is 20.9. The van der Waals surface area contributed by atoms with E-state index in [0.717, 1.165) is 5.56 Å². The second kappa shape index (κ2) is 7.28. The lowest BCUT2D eigenvalue weighted by molar-refractivity contribution is -0.120. The Labute approximate surface area is 147 Å². The van der Waals surface area contributed by atoms with Crippen LogP contribution in [0.1, 0.15) is 12.8 Å². The van der Waals surface area contributed by atoms with E-state index in [9.17, 15) is 13.2 Å². The fourth-order valence-corrected chi connectivity index (χ4v) is 3.70. The average molecular weight is 360 g/mol. The molecule has 1 aliphatic rings. The number of piperidine rings is 1. The van der Waals surface area contributed by atoms with Gasteiger partial charge < -0.3 is 5.32 Å². The van der Waals surface area contributed by atoms with Gasteiger partial charge in [-0.25, -0.2) is 22.7 Å². The molecule has 8 heteroatoms. The van der Waals surface area contributed by atoms with E-state index in [1.54, 1.807) is 12.4 Å². The monoisotopic (exact) mass is 360 g/mol. The number of amides is 1. The number of nitrogens with zero attached hydrogens (tertiary/aromatic N) is 3. The summed E-state index contributed by atoms with van der Waals surface area (Å²) in [6.45, 7) is 0.751. The molecule has 1 saturated heterocycles. The molecule has 1 fully saturated rings. The van der Waals surface area contributed by atoms with E-state index in [-0.39, 0.29) is 11.8 Å². The third-order valence-corrected chi connectivity index (χ3v) is 5.55. The van der Waals surface area contributed by atoms with Gasteiger partial charge in [-0.1, -0.05) is 30.3 Å². The Kier molecular flexibility index (Phi) is 5.10. The predicted octanol–water partition coefficient (Wildman–Crippen LogP) is 1.75. The molecule has 0 saturated carbocycles. The molecule has 7 nitrogen and oxygen atoms in total. The van der Waals surface area contributed by atoms with Crippen molar-refractivity contribution in [1.82, 2.24) is 14.3 Å². The van der Waals surface area contributed by atoms with E-state index in [1.807, 2.05) is 30.3 Å². The number of benzene rings is 1. The fraction of sp³-hybridized carbons (Fsp3) is 0.353. The maximum absolute atomic E-state index is 12.3. The highest BCUT2D eigenvalue weighted by atomic mass is 32.2. The average Bonchev–Trinajstić information content (AvgIpc) is 2.62. The summed E-state index contributed by atoms with van der Waals surface area (Å²) in [5.74, 6) is 0.274. The Balaban J connectivity index is 1.59. The number of aromatic nitrogens is 2. The zero-order valence-corrected chi connectivity index (χ0v) is 14.7. The number of hydrogen-bond acceptors (Lipinski definition) is 5. The van der Waals surface area contributed by atoms with Crippen molar-refractivity contribution >= 4 is 21.6 Å². The topological polar surface area (TPSA) is 92.3 Å². The van der Waals surface area contributed by atoms with Gasteiger partial charge in [-0.2, -0.15) is 0 Å². The van der Waals surface area contributed by atoms with Crippen LogP contribution in [-0.4, -0.2) is 47.9 Å². The van der Waals surface area contributed by atoms with Gasteiger partial charge in [-0.15, -0.1) is 0 Å². The summed E-state index contributed by atoms with van der Waals surface area (Å²) in [5.41, 5.74) is 1.45. The van der Waals surface area contributed by atoms with Crippen molar-refractivity contribution in [3.8, 4) is 11.4 Å². The van der Waals surface area contributed by atoms with Crippen LogP contribution in [0.2, 0.25) is 0 Å². The Morgan fingerprint density at radius 1 is 1.12 bits per heavy atom. The van der Waals surface area contributed by atoms with Gasteiger partial charge in [0, 0.05) is 24.6 Å². The van der Waals surface area contributed by atoms with Gasteiger partial charge in [0.25, 0.3) is 0 Å². The first-order chi connectivity index (χ1) is 11.9. The highest BCUT2D eigenvalue weighted by Gasteiger charge is 2.28. The van der Waals surface area contributed by atoms with Gasteiger partial charge >= 0.3 is 0 Å². The molecule has 0 aliphatic carbocycles. The van der Waals surface area contributed by atoms with Crippen LogP contribution in [0.4, 0.5) is 5.69 Å². The van der Waals surface area contributed by atoms with Crippen molar-refractivity contribution in [1.29, 1.82) is 0 Å². The van der Waals surface area contributed by atoms with Gasteiger partial charge in [-0.05, 0) is 12.8 Å². The van der Waals surface area contributed by atoms with E-state index in [4.69, 9.17) is 0 Å². The lowest BCUT2D eigenvalue weighted by atomic mass is 9.97. The molecule has 1 aromatic heterocycles. The maximum atomic E-state index is 12.3. The van der Waals surface area contributed by atoms with Crippen LogP contribution in [0, 0.1) is 5.92 Å². The molecule has 0 atom stereocenters. The van der Waals surface area contributed by atoms with E-state index in [0.29, 0.717) is 37.4 Å². The van der Waals surface area contributed by atoms with Gasteiger partial charge in [0.1, 0.15) is 0 Å². The molecule has 1 N–H and O–H groups in total. The second-order valence-electron chi connectivity index (χ2n) is 6.09. The van der Waals surface area contributed by atoms with Crippen LogP contribution < -0.4 is 5.32 Å². The first-order valence-electron chi connectivity index (χ1n) is 8.07. The van der Waals surface area contributed by atoms with E-state index in [2.05, 4.69) is 15.3 Å². The Morgan fingerprint density at radius 3 is 2.28 bits per heavy atom. The van der Waals surface area contributed by atoms with Crippen LogP contribution in [0.3, 0.4) is 0 Å². The highest BCUT2D eigenvalue weighted by molar-refractivity contribution is 7.88. The van der Waals surface area contributed by atoms with Gasteiger partial charge in [0.15, 0.2) is 5.82 Å². The Morgan fingerprint density at radius 2 is 1.72 bits per heavy atom. The molecule has 2 heterocycles. The number of rotatable bonds is 4. The molecule has 0 spiro atoms. The lowest BCUT2D eigenvalue weighted by Crippen LogP contribution is -2.40. The standard InChI is InChI=1S/C17H20N4O3S/c1-25(23,24)21-9-7-14(8-10-21)17(22)20-15-11-18-16(19-12-15)13-5-3-2-4-6-13/h2-6,11-12,14H,7-10H2,1H3,(H,20,22). The van der Waals surface area contributed by atoms with E-state index >= 15 is 0 Å². The second-order valence-corrected chi connectivity index (χ2v) is 8.07. The van der Waals surface area contributed by atoms with Crippen molar-refractivity contribution in [3.05, 3.63) is 42.7 Å². The molecule has 1 aromatic carbocycles. The van der Waals surface area contributed by atoms with E-state index < -0.39 is 10.0 Å². The van der Waals surface area contributed by atoms with Crippen molar-refractivity contribution in [2.75, 3.05) is 24.7 Å². The summed E-state index contributed by atoms with van der Waals surface area (Å²) in [6.07, 6.45) is 5.39. The van der Waals surface area contributed by atoms with Crippen molar-refractivity contribution in [2.45, 2.75) is 12.8 Å². The SMILES string of the molecule is CS(=O)(=O)N1CCC(C(=O)Nc2cnc(-c3ccccc3)nc2)CC1. The summed E-state index contributed by atoms with van der Waals surface area (Å²) in [7, 11) is -3.18. The number of nitrogens with one attached hydrogen (secondary N) is 1. The number of hydrogen-bond donors (Lipinski definition) is 1. The number of carbonyl (C=O) groups excluding carboxylic acids is 1.